The predicted octanol–water partition coefficient (Wildman–Crippen LogP) is 3.93. The second-order valence-corrected chi connectivity index (χ2v) is 8.16. The Labute approximate surface area is 200 Å². The number of nitrogens with one attached hydrogen (secondary N) is 1. The molecule has 0 aromatic heterocycles. The van der Waals surface area contributed by atoms with E-state index < -0.39 is 35.9 Å². The number of hydrogen-bond donors (Lipinski definition) is 1. The average Bonchev–Trinajstić information content (AvgIpc) is 2.78. The van der Waals surface area contributed by atoms with Gasteiger partial charge >= 0.3 is 6.18 Å². The van der Waals surface area contributed by atoms with Crippen LogP contribution in [0.4, 0.5) is 18.9 Å². The van der Waals surface area contributed by atoms with Gasteiger partial charge in [0.1, 0.15) is 0 Å². The number of nitrogens with zero attached hydrogens (tertiary/aromatic N) is 1. The zero-order valence-corrected chi connectivity index (χ0v) is 19.2. The summed E-state index contributed by atoms with van der Waals surface area (Å²) in [6, 6.07) is 13.7. The van der Waals surface area contributed by atoms with Crippen LogP contribution in [0.3, 0.4) is 0 Å². The first-order chi connectivity index (χ1) is 16.4. The Morgan fingerprint density at radius 2 is 1.60 bits per heavy atom. The molecule has 0 aliphatic carbocycles. The first-order valence-electron chi connectivity index (χ1n) is 10.5. The summed E-state index contributed by atoms with van der Waals surface area (Å²) in [5.41, 5.74) is 1.53. The van der Waals surface area contributed by atoms with E-state index in [4.69, 9.17) is 0 Å². The van der Waals surface area contributed by atoms with Crippen LogP contribution < -0.4 is 10.4 Å². The summed E-state index contributed by atoms with van der Waals surface area (Å²) in [6.45, 7) is 1.74. The summed E-state index contributed by atoms with van der Waals surface area (Å²) in [6.07, 6.45) is -4.89. The Bertz CT molecular complexity index is 1280. The first kappa shape index (κ1) is 25.5. The van der Waals surface area contributed by atoms with Gasteiger partial charge in [-0.05, 0) is 59.5 Å². The molecule has 0 bridgehead atoms. The standard InChI is InChI=1S/C26H23F3N2O4/c1-15-5-4-6-19(23(15)17-8-10-18(11-9-17)26(27,28)29)24(34)30-21-12-7-16(14-22(32)33)13-20(21)25(35)31(2)3/h4-13H,14H2,1-3H3,(H,30,34)(H,32,33)/p-1. The van der Waals surface area contributed by atoms with Crippen LogP contribution in [-0.4, -0.2) is 36.8 Å². The number of aliphatic carboxylic acids is 1. The molecule has 0 aliphatic rings. The Hall–Kier alpha value is -4.14. The predicted molar refractivity (Wildman–Crippen MR) is 123 cm³/mol. The third-order valence-electron chi connectivity index (χ3n) is 5.34. The van der Waals surface area contributed by atoms with Crippen molar-refractivity contribution >= 4 is 23.5 Å². The maximum atomic E-state index is 13.3. The number of alkyl halides is 3. The van der Waals surface area contributed by atoms with Crippen molar-refractivity contribution in [2.75, 3.05) is 19.4 Å². The van der Waals surface area contributed by atoms with Gasteiger partial charge in [-0.15, -0.1) is 0 Å². The number of carboxylic acid groups (broad SMARTS) is 1. The summed E-state index contributed by atoms with van der Waals surface area (Å²) in [5, 5.41) is 13.7. The summed E-state index contributed by atoms with van der Waals surface area (Å²) >= 11 is 0. The number of aryl methyl sites for hydroxylation is 1. The van der Waals surface area contributed by atoms with Crippen molar-refractivity contribution in [3.63, 3.8) is 0 Å². The van der Waals surface area contributed by atoms with E-state index in [0.29, 0.717) is 22.3 Å². The van der Waals surface area contributed by atoms with Crippen LogP contribution in [0.1, 0.15) is 37.4 Å². The topological polar surface area (TPSA) is 89.5 Å². The van der Waals surface area contributed by atoms with Crippen molar-refractivity contribution in [1.82, 2.24) is 4.90 Å². The molecule has 0 saturated carbocycles. The van der Waals surface area contributed by atoms with Gasteiger partial charge in [0, 0.05) is 32.0 Å². The number of carbonyl (C=O) groups excluding carboxylic acids is 3. The number of halogens is 3. The number of rotatable bonds is 6. The van der Waals surface area contributed by atoms with Gasteiger partial charge in [0.15, 0.2) is 0 Å². The molecular weight excluding hydrogens is 461 g/mol. The van der Waals surface area contributed by atoms with Crippen LogP contribution >= 0.6 is 0 Å². The van der Waals surface area contributed by atoms with E-state index in [1.54, 1.807) is 19.1 Å². The minimum atomic E-state index is -4.48. The Balaban J connectivity index is 2.02. The molecule has 0 spiro atoms. The highest BCUT2D eigenvalue weighted by Crippen LogP contribution is 2.33. The lowest BCUT2D eigenvalue weighted by molar-refractivity contribution is -0.304. The van der Waals surface area contributed by atoms with Crippen LogP contribution in [0, 0.1) is 6.92 Å². The van der Waals surface area contributed by atoms with Gasteiger partial charge in [-0.25, -0.2) is 0 Å². The van der Waals surface area contributed by atoms with E-state index in [0.717, 1.165) is 12.1 Å². The summed E-state index contributed by atoms with van der Waals surface area (Å²) in [4.78, 5) is 38.2. The fourth-order valence-electron chi connectivity index (χ4n) is 3.65. The van der Waals surface area contributed by atoms with Crippen molar-refractivity contribution in [1.29, 1.82) is 0 Å². The number of hydrogen-bond acceptors (Lipinski definition) is 4. The maximum absolute atomic E-state index is 13.3. The molecule has 0 fully saturated rings. The van der Waals surface area contributed by atoms with Crippen LogP contribution in [-0.2, 0) is 17.4 Å². The minimum Gasteiger partial charge on any atom is -0.550 e. The van der Waals surface area contributed by atoms with Crippen molar-refractivity contribution in [3.8, 4) is 11.1 Å². The monoisotopic (exact) mass is 483 g/mol. The van der Waals surface area contributed by atoms with Crippen molar-refractivity contribution < 1.29 is 32.7 Å². The average molecular weight is 483 g/mol. The first-order valence-corrected chi connectivity index (χ1v) is 10.5. The highest BCUT2D eigenvalue weighted by Gasteiger charge is 2.30. The molecule has 9 heteroatoms. The van der Waals surface area contributed by atoms with E-state index in [1.165, 1.54) is 55.4 Å². The van der Waals surface area contributed by atoms with Crippen molar-refractivity contribution in [2.45, 2.75) is 19.5 Å². The lowest BCUT2D eigenvalue weighted by Crippen LogP contribution is -2.26. The molecule has 0 heterocycles. The molecule has 0 saturated heterocycles. The number of amides is 2. The van der Waals surface area contributed by atoms with Gasteiger partial charge in [-0.2, -0.15) is 13.2 Å². The van der Waals surface area contributed by atoms with Gasteiger partial charge in [0.05, 0.1) is 16.8 Å². The largest absolute Gasteiger partial charge is 0.550 e. The second-order valence-electron chi connectivity index (χ2n) is 8.16. The van der Waals surface area contributed by atoms with Crippen molar-refractivity contribution in [2.24, 2.45) is 0 Å². The molecule has 0 aliphatic heterocycles. The van der Waals surface area contributed by atoms with E-state index in [-0.39, 0.29) is 16.8 Å². The number of carbonyl (C=O) groups is 3. The fourth-order valence-corrected chi connectivity index (χ4v) is 3.65. The molecule has 3 rings (SSSR count). The second kappa shape index (κ2) is 10.0. The molecule has 35 heavy (non-hydrogen) atoms. The lowest BCUT2D eigenvalue weighted by atomic mass is 9.93. The Kier molecular flexibility index (Phi) is 7.28. The SMILES string of the molecule is Cc1cccc(C(=O)Nc2ccc(CC(=O)[O-])cc2C(=O)N(C)C)c1-c1ccc(C(F)(F)F)cc1. The smallest absolute Gasteiger partial charge is 0.416 e. The molecule has 3 aromatic carbocycles. The molecule has 6 nitrogen and oxygen atoms in total. The third-order valence-corrected chi connectivity index (χ3v) is 5.34. The van der Waals surface area contributed by atoms with Gasteiger partial charge in [-0.3, -0.25) is 9.59 Å². The molecule has 1 N–H and O–H groups in total. The zero-order chi connectivity index (χ0) is 25.9. The summed E-state index contributed by atoms with van der Waals surface area (Å²) in [7, 11) is 3.03. The number of benzene rings is 3. The highest BCUT2D eigenvalue weighted by molar-refractivity contribution is 6.12. The van der Waals surface area contributed by atoms with E-state index in [9.17, 15) is 32.7 Å². The Morgan fingerprint density at radius 3 is 2.17 bits per heavy atom. The molecule has 3 aromatic rings. The minimum absolute atomic E-state index is 0.0887. The highest BCUT2D eigenvalue weighted by atomic mass is 19.4. The molecule has 182 valence electrons. The van der Waals surface area contributed by atoms with E-state index in [1.807, 2.05) is 0 Å². The normalized spacial score (nSPS) is 11.1. The molecule has 0 unspecified atom stereocenters. The van der Waals surface area contributed by atoms with Crippen LogP contribution in [0.2, 0.25) is 0 Å². The summed E-state index contributed by atoms with van der Waals surface area (Å²) < 4.78 is 38.9. The van der Waals surface area contributed by atoms with Gasteiger partial charge in [0.25, 0.3) is 11.8 Å². The Morgan fingerprint density at radius 1 is 0.943 bits per heavy atom. The maximum Gasteiger partial charge on any atom is 0.416 e. The van der Waals surface area contributed by atoms with Crippen LogP contribution in [0.15, 0.2) is 60.7 Å². The fraction of sp³-hybridized carbons (Fsp3) is 0.192. The van der Waals surface area contributed by atoms with E-state index >= 15 is 0 Å². The van der Waals surface area contributed by atoms with Crippen LogP contribution in [0.25, 0.3) is 11.1 Å². The third kappa shape index (κ3) is 5.87. The van der Waals surface area contributed by atoms with Gasteiger partial charge in [-0.1, -0.05) is 30.3 Å². The lowest BCUT2D eigenvalue weighted by Gasteiger charge is -2.18. The molecule has 2 amide bonds. The van der Waals surface area contributed by atoms with Gasteiger partial charge < -0.3 is 20.1 Å². The van der Waals surface area contributed by atoms with Gasteiger partial charge in [0.2, 0.25) is 0 Å². The molecule has 0 radical (unpaired) electrons. The van der Waals surface area contributed by atoms with Crippen LogP contribution in [0.5, 0.6) is 0 Å². The summed E-state index contributed by atoms with van der Waals surface area (Å²) in [5.74, 6) is -2.34. The van der Waals surface area contributed by atoms with Crippen molar-refractivity contribution in [3.05, 3.63) is 88.5 Å². The molecular formula is C26H22F3N2O4-. The molecule has 0 atom stereocenters. The quantitative estimate of drug-likeness (QED) is 0.576. The zero-order valence-electron chi connectivity index (χ0n) is 19.2. The van der Waals surface area contributed by atoms with E-state index in [2.05, 4.69) is 5.32 Å². The number of anilines is 1. The number of carboxylic acids is 1.